The van der Waals surface area contributed by atoms with E-state index in [9.17, 15) is 9.18 Å². The number of benzene rings is 2. The van der Waals surface area contributed by atoms with Gasteiger partial charge in [0.15, 0.2) is 0 Å². The van der Waals surface area contributed by atoms with E-state index in [0.717, 1.165) is 17.1 Å². The van der Waals surface area contributed by atoms with Crippen molar-refractivity contribution in [2.45, 2.75) is 0 Å². The first-order chi connectivity index (χ1) is 10.2. The molecule has 21 heavy (non-hydrogen) atoms. The number of rotatable bonds is 3. The highest BCUT2D eigenvalue weighted by atomic mass is 32.1. The van der Waals surface area contributed by atoms with Gasteiger partial charge in [-0.1, -0.05) is 34.8 Å². The molecule has 0 unspecified atom stereocenters. The van der Waals surface area contributed by atoms with Gasteiger partial charge in [-0.15, -0.1) is 5.10 Å². The first-order valence-corrected chi connectivity index (χ1v) is 6.96. The lowest BCUT2D eigenvalue weighted by Gasteiger charge is -2.04. The van der Waals surface area contributed by atoms with Crippen molar-refractivity contribution in [2.75, 3.05) is 5.32 Å². The zero-order valence-corrected chi connectivity index (χ0v) is 11.6. The van der Waals surface area contributed by atoms with Crippen LogP contribution in [0, 0.1) is 5.82 Å². The standard InChI is InChI=1S/C15H10FN3OS/c16-11-6-8-12(9-7-11)17-15(20)14-13(18-19-21-14)10-4-2-1-3-5-10/h1-9H,(H,17,20). The number of hydrogen-bond acceptors (Lipinski definition) is 4. The number of amides is 1. The van der Waals surface area contributed by atoms with E-state index < -0.39 is 0 Å². The molecule has 6 heteroatoms. The van der Waals surface area contributed by atoms with Gasteiger partial charge in [-0.2, -0.15) is 0 Å². The number of halogens is 1. The molecular formula is C15H10FN3OS. The Bertz CT molecular complexity index is 756. The summed E-state index contributed by atoms with van der Waals surface area (Å²) < 4.78 is 16.7. The predicted molar refractivity (Wildman–Crippen MR) is 79.7 cm³/mol. The molecule has 2 aromatic carbocycles. The van der Waals surface area contributed by atoms with Crippen LogP contribution < -0.4 is 5.32 Å². The maximum atomic E-state index is 12.9. The number of nitrogens with zero attached hydrogens (tertiary/aromatic N) is 2. The van der Waals surface area contributed by atoms with Gasteiger partial charge in [-0.05, 0) is 35.8 Å². The Morgan fingerprint density at radius 1 is 1.05 bits per heavy atom. The number of nitrogens with one attached hydrogen (secondary N) is 1. The van der Waals surface area contributed by atoms with Crippen molar-refractivity contribution >= 4 is 23.1 Å². The molecule has 0 spiro atoms. The minimum Gasteiger partial charge on any atom is -0.321 e. The minimum absolute atomic E-state index is 0.310. The number of aromatic nitrogens is 2. The summed E-state index contributed by atoms with van der Waals surface area (Å²) in [4.78, 5) is 12.7. The third kappa shape index (κ3) is 2.95. The second-order valence-electron chi connectivity index (χ2n) is 4.28. The van der Waals surface area contributed by atoms with Crippen LogP contribution in [0.3, 0.4) is 0 Å². The molecule has 1 amide bonds. The molecule has 0 bridgehead atoms. The van der Waals surface area contributed by atoms with Gasteiger partial charge in [-0.3, -0.25) is 4.79 Å². The Balaban J connectivity index is 1.86. The molecule has 0 atom stereocenters. The van der Waals surface area contributed by atoms with E-state index in [1.54, 1.807) is 0 Å². The van der Waals surface area contributed by atoms with Crippen LogP contribution in [0.25, 0.3) is 11.3 Å². The van der Waals surface area contributed by atoms with Gasteiger partial charge in [-0.25, -0.2) is 4.39 Å². The lowest BCUT2D eigenvalue weighted by Crippen LogP contribution is -2.11. The zero-order chi connectivity index (χ0) is 14.7. The third-order valence-electron chi connectivity index (χ3n) is 2.84. The normalized spacial score (nSPS) is 10.3. The highest BCUT2D eigenvalue weighted by Crippen LogP contribution is 2.24. The highest BCUT2D eigenvalue weighted by Gasteiger charge is 2.17. The molecule has 104 valence electrons. The topological polar surface area (TPSA) is 54.9 Å². The van der Waals surface area contributed by atoms with Gasteiger partial charge in [0.2, 0.25) is 0 Å². The van der Waals surface area contributed by atoms with Gasteiger partial charge in [0.25, 0.3) is 5.91 Å². The number of carbonyl (C=O) groups excluding carboxylic acids is 1. The molecule has 0 radical (unpaired) electrons. The van der Waals surface area contributed by atoms with Crippen LogP contribution in [0.5, 0.6) is 0 Å². The zero-order valence-electron chi connectivity index (χ0n) is 10.8. The highest BCUT2D eigenvalue weighted by molar-refractivity contribution is 7.08. The summed E-state index contributed by atoms with van der Waals surface area (Å²) in [6, 6.07) is 15.0. The second-order valence-corrected chi connectivity index (χ2v) is 5.03. The number of carbonyl (C=O) groups is 1. The molecular weight excluding hydrogens is 289 g/mol. The Hall–Kier alpha value is -2.60. The summed E-state index contributed by atoms with van der Waals surface area (Å²) in [5.41, 5.74) is 1.89. The van der Waals surface area contributed by atoms with Gasteiger partial charge < -0.3 is 5.32 Å². The molecule has 3 aromatic rings. The fourth-order valence-corrected chi connectivity index (χ4v) is 2.43. The molecule has 0 saturated carbocycles. The molecule has 4 nitrogen and oxygen atoms in total. The molecule has 1 N–H and O–H groups in total. The first-order valence-electron chi connectivity index (χ1n) is 6.19. The maximum Gasteiger partial charge on any atom is 0.269 e. The summed E-state index contributed by atoms with van der Waals surface area (Å²) in [7, 11) is 0. The Kier molecular flexibility index (Phi) is 3.70. The summed E-state index contributed by atoms with van der Waals surface area (Å²) in [6.45, 7) is 0. The van der Waals surface area contributed by atoms with E-state index in [4.69, 9.17) is 0 Å². The van der Waals surface area contributed by atoms with E-state index in [-0.39, 0.29) is 11.7 Å². The molecule has 1 aromatic heterocycles. The van der Waals surface area contributed by atoms with Crippen LogP contribution in [-0.4, -0.2) is 15.5 Å². The third-order valence-corrected chi connectivity index (χ3v) is 3.57. The van der Waals surface area contributed by atoms with Crippen LogP contribution in [0.1, 0.15) is 9.67 Å². The molecule has 0 aliphatic rings. The van der Waals surface area contributed by atoms with Crippen molar-refractivity contribution in [1.29, 1.82) is 0 Å². The SMILES string of the molecule is O=C(Nc1ccc(F)cc1)c1snnc1-c1ccccc1. The largest absolute Gasteiger partial charge is 0.321 e. The average Bonchev–Trinajstić information content (AvgIpc) is 3.00. The Morgan fingerprint density at radius 3 is 2.48 bits per heavy atom. The first kappa shape index (κ1) is 13.4. The molecule has 3 rings (SSSR count). The summed E-state index contributed by atoms with van der Waals surface area (Å²) in [5, 5.41) is 6.72. The van der Waals surface area contributed by atoms with E-state index >= 15 is 0 Å². The lowest BCUT2D eigenvalue weighted by molar-refractivity contribution is 0.103. The smallest absolute Gasteiger partial charge is 0.269 e. The van der Waals surface area contributed by atoms with Crippen LogP contribution in [0.4, 0.5) is 10.1 Å². The predicted octanol–water partition coefficient (Wildman–Crippen LogP) is 3.60. The molecule has 0 fully saturated rings. The average molecular weight is 299 g/mol. The van der Waals surface area contributed by atoms with Crippen molar-refractivity contribution in [3.05, 3.63) is 65.3 Å². The second kappa shape index (κ2) is 5.80. The maximum absolute atomic E-state index is 12.9. The van der Waals surface area contributed by atoms with Gasteiger partial charge >= 0.3 is 0 Å². The number of hydrogen-bond donors (Lipinski definition) is 1. The Morgan fingerprint density at radius 2 is 1.76 bits per heavy atom. The van der Waals surface area contributed by atoms with Gasteiger partial charge in [0.1, 0.15) is 16.4 Å². The van der Waals surface area contributed by atoms with Crippen molar-refractivity contribution in [3.8, 4) is 11.3 Å². The van der Waals surface area contributed by atoms with Crippen LogP contribution in [0.2, 0.25) is 0 Å². The van der Waals surface area contributed by atoms with E-state index in [2.05, 4.69) is 14.9 Å². The summed E-state index contributed by atoms with van der Waals surface area (Å²) in [5.74, 6) is -0.659. The van der Waals surface area contributed by atoms with Crippen molar-refractivity contribution in [1.82, 2.24) is 9.59 Å². The van der Waals surface area contributed by atoms with Crippen LogP contribution in [0.15, 0.2) is 54.6 Å². The molecule has 1 heterocycles. The van der Waals surface area contributed by atoms with E-state index in [1.165, 1.54) is 24.3 Å². The number of anilines is 1. The summed E-state index contributed by atoms with van der Waals surface area (Å²) >= 11 is 1.03. The monoisotopic (exact) mass is 299 g/mol. The van der Waals surface area contributed by atoms with Crippen molar-refractivity contribution in [3.63, 3.8) is 0 Å². The molecule has 0 aliphatic heterocycles. The van der Waals surface area contributed by atoms with E-state index in [1.807, 2.05) is 30.3 Å². The van der Waals surface area contributed by atoms with Gasteiger partial charge in [0.05, 0.1) is 0 Å². The van der Waals surface area contributed by atoms with Crippen LogP contribution in [-0.2, 0) is 0 Å². The Labute approximate surface area is 124 Å². The molecule has 0 aliphatic carbocycles. The molecule has 0 saturated heterocycles. The fraction of sp³-hybridized carbons (Fsp3) is 0. The fourth-order valence-electron chi connectivity index (χ4n) is 1.85. The van der Waals surface area contributed by atoms with Crippen LogP contribution >= 0.6 is 11.5 Å². The minimum atomic E-state index is -0.350. The quantitative estimate of drug-likeness (QED) is 0.804. The van der Waals surface area contributed by atoms with E-state index in [0.29, 0.717) is 16.3 Å². The summed E-state index contributed by atoms with van der Waals surface area (Å²) in [6.07, 6.45) is 0. The van der Waals surface area contributed by atoms with Crippen molar-refractivity contribution < 1.29 is 9.18 Å². The van der Waals surface area contributed by atoms with Crippen molar-refractivity contribution in [2.24, 2.45) is 0 Å². The lowest BCUT2D eigenvalue weighted by atomic mass is 10.1. The van der Waals surface area contributed by atoms with Gasteiger partial charge in [0, 0.05) is 11.3 Å².